The number of halogens is 2. The zero-order chi connectivity index (χ0) is 36.5. The van der Waals surface area contributed by atoms with Gasteiger partial charge in [-0.3, -0.25) is 9.59 Å². The van der Waals surface area contributed by atoms with Crippen LogP contribution < -0.4 is 10.1 Å². The molecule has 3 aromatic heterocycles. The smallest absolute Gasteiger partial charge is 0.272 e. The molecule has 5 heterocycles. The van der Waals surface area contributed by atoms with Crippen molar-refractivity contribution in [2.24, 2.45) is 5.92 Å². The number of likely N-dealkylation sites (tertiary alicyclic amines) is 1. The average molecular weight is 750 g/mol. The van der Waals surface area contributed by atoms with E-state index in [1.54, 1.807) is 18.3 Å². The van der Waals surface area contributed by atoms with Gasteiger partial charge in [-0.05, 0) is 61.7 Å². The molecular formula is C41H38Cl2N6O4. The van der Waals surface area contributed by atoms with Crippen LogP contribution >= 0.6 is 23.2 Å². The van der Waals surface area contributed by atoms with Crippen LogP contribution in [0, 0.1) is 5.92 Å². The zero-order valence-electron chi connectivity index (χ0n) is 29.1. The number of pyridine rings is 1. The van der Waals surface area contributed by atoms with E-state index in [4.69, 9.17) is 37.7 Å². The molecule has 0 radical (unpaired) electrons. The number of hydrogen-bond donors (Lipinski definition) is 2. The molecule has 2 aliphatic rings. The first-order chi connectivity index (χ1) is 25.8. The van der Waals surface area contributed by atoms with Gasteiger partial charge in [-0.2, -0.15) is 0 Å². The number of hydrogen-bond acceptors (Lipinski definition) is 6. The van der Waals surface area contributed by atoms with Gasteiger partial charge in [0, 0.05) is 70.4 Å². The van der Waals surface area contributed by atoms with Gasteiger partial charge in [-0.15, -0.1) is 0 Å². The van der Waals surface area contributed by atoms with Crippen molar-refractivity contribution in [3.8, 4) is 28.4 Å². The molecule has 2 aliphatic heterocycles. The largest absolute Gasteiger partial charge is 0.471 e. The number of rotatable bonds is 9. The first kappa shape index (κ1) is 34.9. The molecule has 2 atom stereocenters. The molecule has 0 aliphatic carbocycles. The van der Waals surface area contributed by atoms with Crippen molar-refractivity contribution in [1.82, 2.24) is 24.4 Å². The Morgan fingerprint density at radius 3 is 2.51 bits per heavy atom. The molecule has 3 aromatic carbocycles. The second-order valence-corrected chi connectivity index (χ2v) is 14.4. The third-order valence-electron chi connectivity index (χ3n) is 10.2. The molecule has 12 heteroatoms. The lowest BCUT2D eigenvalue weighted by molar-refractivity contribution is -0.137. The minimum Gasteiger partial charge on any atom is -0.471 e. The van der Waals surface area contributed by atoms with E-state index in [1.165, 1.54) is 0 Å². The Labute approximate surface area is 317 Å². The van der Waals surface area contributed by atoms with E-state index in [9.17, 15) is 9.59 Å². The summed E-state index contributed by atoms with van der Waals surface area (Å²) in [5, 5.41) is 5.08. The van der Waals surface area contributed by atoms with Gasteiger partial charge in [0.05, 0.1) is 30.3 Å². The van der Waals surface area contributed by atoms with Gasteiger partial charge in [0.25, 0.3) is 5.91 Å². The fourth-order valence-electron chi connectivity index (χ4n) is 7.35. The Balaban J connectivity index is 1.15. The summed E-state index contributed by atoms with van der Waals surface area (Å²) in [5.41, 5.74) is 5.54. The highest BCUT2D eigenvalue weighted by atomic mass is 35.5. The Morgan fingerprint density at radius 1 is 0.943 bits per heavy atom. The lowest BCUT2D eigenvalue weighted by Crippen LogP contribution is -2.38. The number of fused-ring (bicyclic) bond motifs is 1. The highest BCUT2D eigenvalue weighted by Gasteiger charge is 2.34. The SMILES string of the molecule is C[C@@H](c1ccc(Cl)cc1)n1cnc(-c2ccccc2)c1-c1c(C(=O)Nc2cccnc2O[C@@H]2CCN(C(=O)C3CCOCC3)C2)[nH]c2cc(Cl)ccc12. The molecule has 0 unspecified atom stereocenters. The maximum atomic E-state index is 14.6. The van der Waals surface area contributed by atoms with Crippen molar-refractivity contribution in [2.75, 3.05) is 31.6 Å². The fourth-order valence-corrected chi connectivity index (χ4v) is 7.65. The number of H-pyrrole nitrogens is 1. The van der Waals surface area contributed by atoms with E-state index in [1.807, 2.05) is 84.0 Å². The van der Waals surface area contributed by atoms with Gasteiger partial charge in [0.1, 0.15) is 17.5 Å². The van der Waals surface area contributed by atoms with Crippen LogP contribution in [0.3, 0.4) is 0 Å². The van der Waals surface area contributed by atoms with E-state index in [0.29, 0.717) is 71.1 Å². The number of benzene rings is 3. The molecule has 270 valence electrons. The van der Waals surface area contributed by atoms with Crippen LogP contribution in [0.5, 0.6) is 5.88 Å². The van der Waals surface area contributed by atoms with Crippen LogP contribution in [0.25, 0.3) is 33.4 Å². The standard InChI is InChI=1S/C41H38Cl2N6O4/c1-25(26-9-11-29(42)12-10-26)49-24-45-36(27-6-3-2-4-7-27)38(49)35-32-14-13-30(43)22-34(32)46-37(35)39(50)47-33-8-5-18-44-40(33)53-31-15-19-48(23-31)41(51)28-16-20-52-21-17-28/h2-14,18,22,24-25,28,31,46H,15-17,19-21,23H2,1H3,(H,47,50)/t25-,31+/m0/s1. The van der Waals surface area contributed by atoms with E-state index >= 15 is 0 Å². The van der Waals surface area contributed by atoms with Crippen LogP contribution in [0.4, 0.5) is 5.69 Å². The number of amides is 2. The number of aromatic amines is 1. The zero-order valence-corrected chi connectivity index (χ0v) is 30.6. The average Bonchev–Trinajstić information content (AvgIpc) is 3.93. The van der Waals surface area contributed by atoms with Crippen LogP contribution in [0.15, 0.2) is 97.5 Å². The number of nitrogens with zero attached hydrogens (tertiary/aromatic N) is 4. The molecule has 0 saturated carbocycles. The van der Waals surface area contributed by atoms with Crippen LogP contribution in [0.1, 0.15) is 48.3 Å². The van der Waals surface area contributed by atoms with E-state index in [-0.39, 0.29) is 29.9 Å². The highest BCUT2D eigenvalue weighted by Crippen LogP contribution is 2.42. The van der Waals surface area contributed by atoms with E-state index in [2.05, 4.69) is 26.8 Å². The molecule has 2 amide bonds. The van der Waals surface area contributed by atoms with Gasteiger partial charge in [0.15, 0.2) is 0 Å². The van der Waals surface area contributed by atoms with Crippen LogP contribution in [0.2, 0.25) is 10.0 Å². The summed E-state index contributed by atoms with van der Waals surface area (Å²) < 4.78 is 13.9. The van der Waals surface area contributed by atoms with Crippen LogP contribution in [-0.2, 0) is 9.53 Å². The highest BCUT2D eigenvalue weighted by molar-refractivity contribution is 6.31. The third-order valence-corrected chi connectivity index (χ3v) is 10.6. The number of imidazole rings is 1. The molecule has 2 saturated heterocycles. The van der Waals surface area contributed by atoms with Crippen molar-refractivity contribution < 1.29 is 19.1 Å². The number of carbonyl (C=O) groups is 2. The molecule has 8 rings (SSSR count). The number of carbonyl (C=O) groups excluding carboxylic acids is 2. The Bertz CT molecular complexity index is 2270. The second kappa shape index (κ2) is 15.1. The van der Waals surface area contributed by atoms with Gasteiger partial charge < -0.3 is 29.2 Å². The minimum atomic E-state index is -0.390. The first-order valence-electron chi connectivity index (χ1n) is 17.8. The lowest BCUT2D eigenvalue weighted by Gasteiger charge is -2.26. The van der Waals surface area contributed by atoms with E-state index < -0.39 is 0 Å². The Morgan fingerprint density at radius 2 is 1.72 bits per heavy atom. The van der Waals surface area contributed by atoms with Crippen molar-refractivity contribution in [3.63, 3.8) is 0 Å². The predicted molar refractivity (Wildman–Crippen MR) is 207 cm³/mol. The predicted octanol–water partition coefficient (Wildman–Crippen LogP) is 8.67. The Kier molecular flexibility index (Phi) is 9.92. The summed E-state index contributed by atoms with van der Waals surface area (Å²) in [6.07, 6.45) is 5.35. The van der Waals surface area contributed by atoms with Crippen molar-refractivity contribution in [2.45, 2.75) is 38.3 Å². The summed E-state index contributed by atoms with van der Waals surface area (Å²) in [4.78, 5) is 42.4. The Hall–Kier alpha value is -5.16. The number of aromatic nitrogens is 4. The normalized spacial score (nSPS) is 16.9. The number of nitrogens with one attached hydrogen (secondary N) is 2. The molecule has 53 heavy (non-hydrogen) atoms. The molecule has 0 bridgehead atoms. The molecule has 10 nitrogen and oxygen atoms in total. The van der Waals surface area contributed by atoms with Crippen molar-refractivity contribution in [1.29, 1.82) is 0 Å². The van der Waals surface area contributed by atoms with Gasteiger partial charge in [-0.25, -0.2) is 9.97 Å². The molecular weight excluding hydrogens is 711 g/mol. The first-order valence-corrected chi connectivity index (χ1v) is 18.6. The summed E-state index contributed by atoms with van der Waals surface area (Å²) >= 11 is 12.7. The van der Waals surface area contributed by atoms with Crippen LogP contribution in [-0.4, -0.2) is 68.6 Å². The second-order valence-electron chi connectivity index (χ2n) is 13.5. The van der Waals surface area contributed by atoms with Gasteiger partial charge in [0.2, 0.25) is 11.8 Å². The summed E-state index contributed by atoms with van der Waals surface area (Å²) in [6, 6.07) is 26.6. The maximum absolute atomic E-state index is 14.6. The molecule has 2 fully saturated rings. The molecule has 2 N–H and O–H groups in total. The third kappa shape index (κ3) is 7.14. The number of anilines is 1. The maximum Gasteiger partial charge on any atom is 0.272 e. The fraction of sp³-hybridized carbons (Fsp3) is 0.268. The van der Waals surface area contributed by atoms with Crippen molar-refractivity contribution >= 4 is 51.6 Å². The summed E-state index contributed by atoms with van der Waals surface area (Å²) in [5.74, 6) is 0.0393. The topological polar surface area (TPSA) is 114 Å². The quantitative estimate of drug-likeness (QED) is 0.153. The van der Waals surface area contributed by atoms with Gasteiger partial charge in [-0.1, -0.05) is 71.7 Å². The molecule has 6 aromatic rings. The van der Waals surface area contributed by atoms with Crippen molar-refractivity contribution in [3.05, 3.63) is 119 Å². The van der Waals surface area contributed by atoms with E-state index in [0.717, 1.165) is 40.7 Å². The van der Waals surface area contributed by atoms with Gasteiger partial charge >= 0.3 is 0 Å². The summed E-state index contributed by atoms with van der Waals surface area (Å²) in [7, 11) is 0. The number of ether oxygens (including phenoxy) is 2. The monoisotopic (exact) mass is 748 g/mol. The lowest BCUT2D eigenvalue weighted by atomic mass is 9.99. The molecule has 0 spiro atoms. The summed E-state index contributed by atoms with van der Waals surface area (Å²) in [6.45, 7) is 4.40. The minimum absolute atomic E-state index is 0.0134.